The number of nitrogens with one attached hydrogen (secondary N) is 1. The fraction of sp³-hybridized carbons (Fsp3) is 0.562. The first-order valence-corrected chi connectivity index (χ1v) is 7.70. The van der Waals surface area contributed by atoms with Gasteiger partial charge in [0.05, 0.1) is 5.69 Å². The van der Waals surface area contributed by atoms with Crippen LogP contribution < -0.4 is 10.1 Å². The molecule has 2 aliphatic rings. The average molecular weight is 289 g/mol. The Morgan fingerprint density at radius 3 is 2.86 bits per heavy atom. The maximum Gasteiger partial charge on any atom is 0.219 e. The quantitative estimate of drug-likeness (QED) is 0.908. The molecule has 0 radical (unpaired) electrons. The summed E-state index contributed by atoms with van der Waals surface area (Å²) >= 11 is 0. The minimum absolute atomic E-state index is 0.190. The Labute approximate surface area is 125 Å². The van der Waals surface area contributed by atoms with Gasteiger partial charge in [0, 0.05) is 46.2 Å². The molecule has 1 aromatic carbocycles. The first-order valence-electron chi connectivity index (χ1n) is 7.70. The molecule has 5 heteroatoms. The molecule has 0 aliphatic carbocycles. The predicted octanol–water partition coefficient (Wildman–Crippen LogP) is 1.20. The van der Waals surface area contributed by atoms with Crippen molar-refractivity contribution in [2.45, 2.75) is 13.3 Å². The van der Waals surface area contributed by atoms with Crippen molar-refractivity contribution < 1.29 is 9.53 Å². The summed E-state index contributed by atoms with van der Waals surface area (Å²) in [5.74, 6) is 1.15. The van der Waals surface area contributed by atoms with Crippen molar-refractivity contribution in [2.75, 3.05) is 51.2 Å². The van der Waals surface area contributed by atoms with Crippen LogP contribution in [0.15, 0.2) is 18.2 Å². The molecule has 0 spiro atoms. The highest BCUT2D eigenvalue weighted by Gasteiger charge is 2.18. The summed E-state index contributed by atoms with van der Waals surface area (Å²) in [5.41, 5.74) is 2.45. The van der Waals surface area contributed by atoms with E-state index in [1.54, 1.807) is 6.92 Å². The predicted molar refractivity (Wildman–Crippen MR) is 82.8 cm³/mol. The van der Waals surface area contributed by atoms with Crippen LogP contribution in [0.2, 0.25) is 0 Å². The molecular weight excluding hydrogens is 266 g/mol. The third kappa shape index (κ3) is 3.47. The van der Waals surface area contributed by atoms with Gasteiger partial charge in [0.25, 0.3) is 0 Å². The number of benzene rings is 1. The molecular formula is C16H23N3O2. The molecule has 0 saturated carbocycles. The van der Waals surface area contributed by atoms with Gasteiger partial charge in [-0.1, -0.05) is 6.07 Å². The number of amides is 1. The van der Waals surface area contributed by atoms with Crippen molar-refractivity contribution in [3.05, 3.63) is 23.8 Å². The van der Waals surface area contributed by atoms with Crippen LogP contribution in [0.4, 0.5) is 5.69 Å². The Balaban J connectivity index is 1.50. The van der Waals surface area contributed by atoms with Crippen LogP contribution in [0.3, 0.4) is 0 Å². The van der Waals surface area contributed by atoms with Gasteiger partial charge in [-0.15, -0.1) is 0 Å². The van der Waals surface area contributed by atoms with Crippen molar-refractivity contribution in [3.8, 4) is 5.75 Å². The summed E-state index contributed by atoms with van der Waals surface area (Å²) in [6, 6.07) is 6.41. The van der Waals surface area contributed by atoms with Gasteiger partial charge >= 0.3 is 0 Å². The molecule has 114 valence electrons. The topological polar surface area (TPSA) is 44.8 Å². The molecule has 0 unspecified atom stereocenters. The standard InChI is InChI=1S/C16H23N3O2/c1-13(20)19-9-7-18(8-10-19)6-4-14-2-3-16-15(12-14)17-5-11-21-16/h2-3,12,17H,4-11H2,1H3. The Morgan fingerprint density at radius 1 is 1.29 bits per heavy atom. The monoisotopic (exact) mass is 289 g/mol. The number of hydrogen-bond acceptors (Lipinski definition) is 4. The molecule has 0 bridgehead atoms. The fourth-order valence-electron chi connectivity index (χ4n) is 2.92. The van der Waals surface area contributed by atoms with Gasteiger partial charge in [0.2, 0.25) is 5.91 Å². The summed E-state index contributed by atoms with van der Waals surface area (Å²) in [6.45, 7) is 7.99. The Kier molecular flexibility index (Phi) is 4.29. The van der Waals surface area contributed by atoms with Crippen LogP contribution in [-0.2, 0) is 11.2 Å². The number of nitrogens with zero attached hydrogens (tertiary/aromatic N) is 2. The van der Waals surface area contributed by atoms with Crippen LogP contribution in [0, 0.1) is 0 Å². The second kappa shape index (κ2) is 6.35. The van der Waals surface area contributed by atoms with E-state index in [0.717, 1.165) is 63.7 Å². The largest absolute Gasteiger partial charge is 0.490 e. The van der Waals surface area contributed by atoms with Crippen molar-refractivity contribution in [2.24, 2.45) is 0 Å². The second-order valence-electron chi connectivity index (χ2n) is 5.70. The van der Waals surface area contributed by atoms with Crippen LogP contribution in [-0.4, -0.2) is 61.6 Å². The van der Waals surface area contributed by atoms with Gasteiger partial charge in [-0.2, -0.15) is 0 Å². The summed E-state index contributed by atoms with van der Waals surface area (Å²) in [5, 5.41) is 3.38. The van der Waals surface area contributed by atoms with E-state index in [1.165, 1.54) is 5.56 Å². The van der Waals surface area contributed by atoms with Gasteiger partial charge in [0.15, 0.2) is 0 Å². The van der Waals surface area contributed by atoms with Crippen LogP contribution in [0.25, 0.3) is 0 Å². The second-order valence-corrected chi connectivity index (χ2v) is 5.70. The number of rotatable bonds is 3. The van der Waals surface area contributed by atoms with E-state index < -0.39 is 0 Å². The third-order valence-electron chi connectivity index (χ3n) is 4.25. The van der Waals surface area contributed by atoms with E-state index in [-0.39, 0.29) is 5.91 Å². The molecule has 1 amide bonds. The van der Waals surface area contributed by atoms with E-state index in [1.807, 2.05) is 4.90 Å². The molecule has 21 heavy (non-hydrogen) atoms. The molecule has 1 N–H and O–H groups in total. The number of carbonyl (C=O) groups is 1. The van der Waals surface area contributed by atoms with E-state index in [2.05, 4.69) is 28.4 Å². The molecule has 1 saturated heterocycles. The van der Waals surface area contributed by atoms with Gasteiger partial charge in [-0.3, -0.25) is 9.69 Å². The summed E-state index contributed by atoms with van der Waals surface area (Å²) in [4.78, 5) is 15.7. The lowest BCUT2D eigenvalue weighted by Crippen LogP contribution is -2.48. The zero-order valence-electron chi connectivity index (χ0n) is 12.6. The first-order chi connectivity index (χ1) is 10.2. The lowest BCUT2D eigenvalue weighted by atomic mass is 10.1. The molecule has 0 atom stereocenters. The SMILES string of the molecule is CC(=O)N1CCN(CCc2ccc3c(c2)NCCO3)CC1. The van der Waals surface area contributed by atoms with Crippen molar-refractivity contribution in [1.82, 2.24) is 9.80 Å². The molecule has 1 fully saturated rings. The highest BCUT2D eigenvalue weighted by atomic mass is 16.5. The molecule has 3 rings (SSSR count). The number of ether oxygens (including phenoxy) is 1. The Morgan fingerprint density at radius 2 is 2.10 bits per heavy atom. The van der Waals surface area contributed by atoms with E-state index in [4.69, 9.17) is 4.74 Å². The molecule has 2 heterocycles. The minimum atomic E-state index is 0.190. The van der Waals surface area contributed by atoms with Crippen LogP contribution in [0.1, 0.15) is 12.5 Å². The molecule has 5 nitrogen and oxygen atoms in total. The first kappa shape index (κ1) is 14.2. The number of carbonyl (C=O) groups excluding carboxylic acids is 1. The fourth-order valence-corrected chi connectivity index (χ4v) is 2.92. The van der Waals surface area contributed by atoms with Crippen molar-refractivity contribution in [3.63, 3.8) is 0 Å². The van der Waals surface area contributed by atoms with Crippen molar-refractivity contribution >= 4 is 11.6 Å². The van der Waals surface area contributed by atoms with Crippen LogP contribution in [0.5, 0.6) is 5.75 Å². The van der Waals surface area contributed by atoms with Gasteiger partial charge in [-0.05, 0) is 24.1 Å². The Hall–Kier alpha value is -1.75. The maximum atomic E-state index is 11.3. The summed E-state index contributed by atoms with van der Waals surface area (Å²) in [6.07, 6.45) is 1.04. The summed E-state index contributed by atoms with van der Waals surface area (Å²) < 4.78 is 5.60. The normalized spacial score (nSPS) is 18.6. The summed E-state index contributed by atoms with van der Waals surface area (Å²) in [7, 11) is 0. The zero-order valence-corrected chi connectivity index (χ0v) is 12.6. The average Bonchev–Trinajstić information content (AvgIpc) is 2.53. The number of fused-ring (bicyclic) bond motifs is 1. The lowest BCUT2D eigenvalue weighted by Gasteiger charge is -2.34. The lowest BCUT2D eigenvalue weighted by molar-refractivity contribution is -0.130. The maximum absolute atomic E-state index is 11.3. The number of anilines is 1. The zero-order chi connectivity index (χ0) is 14.7. The van der Waals surface area contributed by atoms with E-state index in [0.29, 0.717) is 0 Å². The molecule has 2 aliphatic heterocycles. The van der Waals surface area contributed by atoms with Gasteiger partial charge in [-0.25, -0.2) is 0 Å². The van der Waals surface area contributed by atoms with E-state index >= 15 is 0 Å². The smallest absolute Gasteiger partial charge is 0.219 e. The van der Waals surface area contributed by atoms with Crippen LogP contribution >= 0.6 is 0 Å². The van der Waals surface area contributed by atoms with Crippen molar-refractivity contribution in [1.29, 1.82) is 0 Å². The number of piperazine rings is 1. The van der Waals surface area contributed by atoms with Gasteiger partial charge in [0.1, 0.15) is 12.4 Å². The highest BCUT2D eigenvalue weighted by Crippen LogP contribution is 2.28. The van der Waals surface area contributed by atoms with Gasteiger partial charge < -0.3 is 15.0 Å². The third-order valence-corrected chi connectivity index (χ3v) is 4.25. The minimum Gasteiger partial charge on any atom is -0.490 e. The molecule has 0 aromatic heterocycles. The molecule has 1 aromatic rings. The Bertz CT molecular complexity index is 510. The number of hydrogen-bond donors (Lipinski definition) is 1. The van der Waals surface area contributed by atoms with E-state index in [9.17, 15) is 4.79 Å². The highest BCUT2D eigenvalue weighted by molar-refractivity contribution is 5.73.